The quantitative estimate of drug-likeness (QED) is 0.607. The second kappa shape index (κ2) is 6.20. The van der Waals surface area contributed by atoms with E-state index >= 15 is 0 Å². The smallest absolute Gasteiger partial charge is 0.0562 e. The van der Waals surface area contributed by atoms with Gasteiger partial charge in [0.25, 0.3) is 0 Å². The first kappa shape index (κ1) is 12.6. The van der Waals surface area contributed by atoms with Gasteiger partial charge in [-0.05, 0) is 24.8 Å². The van der Waals surface area contributed by atoms with Crippen molar-refractivity contribution in [3.8, 4) is 0 Å². The Morgan fingerprint density at radius 2 is 1.82 bits per heavy atom. The molecule has 1 heteroatoms. The molecule has 0 aliphatic heterocycles. The van der Waals surface area contributed by atoms with E-state index in [0.717, 1.165) is 13.2 Å². The van der Waals surface area contributed by atoms with Crippen LogP contribution in [-0.2, 0) is 10.2 Å². The Balaban J connectivity index is 1.69. The second-order valence-electron chi connectivity index (χ2n) is 5.26. The molecule has 1 aliphatic rings. The van der Waals surface area contributed by atoms with E-state index in [-0.39, 0.29) is 0 Å². The summed E-state index contributed by atoms with van der Waals surface area (Å²) < 4.78 is 5.86. The van der Waals surface area contributed by atoms with Crippen LogP contribution >= 0.6 is 0 Å². The third kappa shape index (κ3) is 3.57. The van der Waals surface area contributed by atoms with Crippen LogP contribution in [0.2, 0.25) is 0 Å². The van der Waals surface area contributed by atoms with Crippen molar-refractivity contribution in [1.82, 2.24) is 0 Å². The molecule has 2 rings (SSSR count). The van der Waals surface area contributed by atoms with Gasteiger partial charge in [-0.3, -0.25) is 0 Å². The van der Waals surface area contributed by atoms with Crippen LogP contribution in [-0.4, -0.2) is 13.2 Å². The number of hydrogen-bond donors (Lipinski definition) is 0. The largest absolute Gasteiger partial charge is 0.381 e. The van der Waals surface area contributed by atoms with Crippen LogP contribution in [0.3, 0.4) is 0 Å². The topological polar surface area (TPSA) is 9.23 Å². The summed E-state index contributed by atoms with van der Waals surface area (Å²) in [4.78, 5) is 0. The van der Waals surface area contributed by atoms with Crippen LogP contribution in [0.15, 0.2) is 30.3 Å². The van der Waals surface area contributed by atoms with E-state index in [9.17, 15) is 0 Å². The molecular formula is C16H24O. The van der Waals surface area contributed by atoms with Crippen molar-refractivity contribution in [3.05, 3.63) is 35.9 Å². The molecule has 0 unspecified atom stereocenters. The zero-order chi connectivity index (χ0) is 12.0. The molecule has 0 spiro atoms. The molecule has 0 aromatic heterocycles. The minimum atomic E-state index is 0.367. The summed E-state index contributed by atoms with van der Waals surface area (Å²) in [5.41, 5.74) is 1.83. The van der Waals surface area contributed by atoms with Crippen molar-refractivity contribution in [2.75, 3.05) is 13.2 Å². The highest BCUT2D eigenvalue weighted by Gasteiger charge is 2.44. The fourth-order valence-corrected chi connectivity index (χ4v) is 2.36. The molecule has 94 valence electrons. The third-order valence-corrected chi connectivity index (χ3v) is 3.76. The van der Waals surface area contributed by atoms with Gasteiger partial charge in [0.1, 0.15) is 0 Å². The van der Waals surface area contributed by atoms with Gasteiger partial charge >= 0.3 is 0 Å². The van der Waals surface area contributed by atoms with Gasteiger partial charge in [-0.25, -0.2) is 0 Å². The Hall–Kier alpha value is -0.820. The molecule has 0 saturated heterocycles. The first-order valence-electron chi connectivity index (χ1n) is 7.01. The van der Waals surface area contributed by atoms with Crippen molar-refractivity contribution in [1.29, 1.82) is 0 Å². The van der Waals surface area contributed by atoms with Crippen molar-refractivity contribution < 1.29 is 4.74 Å². The van der Waals surface area contributed by atoms with Crippen molar-refractivity contribution in [2.24, 2.45) is 0 Å². The van der Waals surface area contributed by atoms with Gasteiger partial charge < -0.3 is 4.74 Å². The Morgan fingerprint density at radius 3 is 2.47 bits per heavy atom. The van der Waals surface area contributed by atoms with Crippen molar-refractivity contribution in [3.63, 3.8) is 0 Å². The monoisotopic (exact) mass is 232 g/mol. The molecule has 0 radical (unpaired) electrons. The molecule has 1 aliphatic carbocycles. The lowest BCUT2D eigenvalue weighted by molar-refractivity contribution is 0.110. The molecule has 0 heterocycles. The van der Waals surface area contributed by atoms with Gasteiger partial charge in [0.15, 0.2) is 0 Å². The number of ether oxygens (including phenoxy) is 1. The van der Waals surface area contributed by atoms with Gasteiger partial charge in [0.2, 0.25) is 0 Å². The third-order valence-electron chi connectivity index (χ3n) is 3.76. The summed E-state index contributed by atoms with van der Waals surface area (Å²) in [7, 11) is 0. The zero-order valence-electron chi connectivity index (χ0n) is 11.0. The molecule has 0 bridgehead atoms. The highest BCUT2D eigenvalue weighted by atomic mass is 16.5. The van der Waals surface area contributed by atoms with Crippen LogP contribution in [0.5, 0.6) is 0 Å². The van der Waals surface area contributed by atoms with Gasteiger partial charge in [0, 0.05) is 12.0 Å². The molecule has 1 fully saturated rings. The fraction of sp³-hybridized carbons (Fsp3) is 0.625. The van der Waals surface area contributed by atoms with Crippen molar-refractivity contribution in [2.45, 2.75) is 50.9 Å². The van der Waals surface area contributed by atoms with Crippen molar-refractivity contribution >= 4 is 0 Å². The summed E-state index contributed by atoms with van der Waals surface area (Å²) in [6.07, 6.45) is 7.77. The van der Waals surface area contributed by atoms with Crippen LogP contribution in [0.4, 0.5) is 0 Å². The molecule has 1 saturated carbocycles. The molecule has 1 nitrogen and oxygen atoms in total. The summed E-state index contributed by atoms with van der Waals surface area (Å²) in [6.45, 7) is 4.10. The average Bonchev–Trinajstić information content (AvgIpc) is 3.16. The average molecular weight is 232 g/mol. The van der Waals surface area contributed by atoms with Gasteiger partial charge in [-0.2, -0.15) is 0 Å². The van der Waals surface area contributed by atoms with E-state index in [2.05, 4.69) is 37.3 Å². The van der Waals surface area contributed by atoms with E-state index < -0.39 is 0 Å². The lowest BCUT2D eigenvalue weighted by Crippen LogP contribution is -2.15. The maximum atomic E-state index is 5.86. The molecule has 0 amide bonds. The Morgan fingerprint density at radius 1 is 1.06 bits per heavy atom. The van der Waals surface area contributed by atoms with Gasteiger partial charge in [-0.1, -0.05) is 56.5 Å². The van der Waals surface area contributed by atoms with Crippen LogP contribution < -0.4 is 0 Å². The lowest BCUT2D eigenvalue weighted by atomic mass is 9.97. The molecule has 1 aromatic carbocycles. The lowest BCUT2D eigenvalue weighted by Gasteiger charge is -2.15. The van der Waals surface area contributed by atoms with E-state index in [1.165, 1.54) is 44.1 Å². The second-order valence-corrected chi connectivity index (χ2v) is 5.26. The highest BCUT2D eigenvalue weighted by Crippen LogP contribution is 2.48. The van der Waals surface area contributed by atoms with Gasteiger partial charge in [-0.15, -0.1) is 0 Å². The maximum absolute atomic E-state index is 5.86. The number of rotatable bonds is 8. The summed E-state index contributed by atoms with van der Waals surface area (Å²) in [6, 6.07) is 10.8. The van der Waals surface area contributed by atoms with E-state index in [4.69, 9.17) is 4.74 Å². The van der Waals surface area contributed by atoms with Crippen LogP contribution in [0, 0.1) is 0 Å². The minimum absolute atomic E-state index is 0.367. The van der Waals surface area contributed by atoms with E-state index in [0.29, 0.717) is 5.41 Å². The Bertz CT molecular complexity index is 314. The summed E-state index contributed by atoms with van der Waals surface area (Å²) in [5, 5.41) is 0. The Labute approximate surface area is 105 Å². The first-order valence-corrected chi connectivity index (χ1v) is 7.01. The normalized spacial score (nSPS) is 17.0. The highest BCUT2D eigenvalue weighted by molar-refractivity contribution is 5.31. The SMILES string of the molecule is CCCCCCOCC1(c2ccccc2)CC1. The predicted molar refractivity (Wildman–Crippen MR) is 72.3 cm³/mol. The molecule has 0 atom stereocenters. The Kier molecular flexibility index (Phi) is 4.61. The minimum Gasteiger partial charge on any atom is -0.381 e. The summed E-state index contributed by atoms with van der Waals surface area (Å²) in [5.74, 6) is 0. The van der Waals surface area contributed by atoms with Crippen LogP contribution in [0.1, 0.15) is 51.0 Å². The van der Waals surface area contributed by atoms with Gasteiger partial charge in [0.05, 0.1) is 6.61 Å². The number of benzene rings is 1. The van der Waals surface area contributed by atoms with E-state index in [1.807, 2.05) is 0 Å². The summed E-state index contributed by atoms with van der Waals surface area (Å²) >= 11 is 0. The van der Waals surface area contributed by atoms with Crippen LogP contribution in [0.25, 0.3) is 0 Å². The standard InChI is InChI=1S/C16H24O/c1-2-3-4-8-13-17-14-16(11-12-16)15-9-6-5-7-10-15/h5-7,9-10H,2-4,8,11-14H2,1H3. The zero-order valence-corrected chi connectivity index (χ0v) is 11.0. The molecule has 1 aromatic rings. The fourth-order valence-electron chi connectivity index (χ4n) is 2.36. The van der Waals surface area contributed by atoms with E-state index in [1.54, 1.807) is 0 Å². The first-order chi connectivity index (χ1) is 8.37. The maximum Gasteiger partial charge on any atom is 0.0562 e. The molecular weight excluding hydrogens is 208 g/mol. The number of hydrogen-bond acceptors (Lipinski definition) is 1. The number of unbranched alkanes of at least 4 members (excludes halogenated alkanes) is 3. The predicted octanol–water partition coefficient (Wildman–Crippen LogP) is 4.32. The molecule has 17 heavy (non-hydrogen) atoms. The molecule has 0 N–H and O–H groups in total.